The highest BCUT2D eigenvalue weighted by molar-refractivity contribution is 7.90. The molecule has 0 saturated carbocycles. The van der Waals surface area contributed by atoms with Gasteiger partial charge in [-0.2, -0.15) is 5.48 Å². The highest BCUT2D eigenvalue weighted by atomic mass is 32.2. The van der Waals surface area contributed by atoms with Crippen LogP contribution in [-0.2, 0) is 33.5 Å². The van der Waals surface area contributed by atoms with Gasteiger partial charge in [0.2, 0.25) is 0 Å². The zero-order valence-corrected chi connectivity index (χ0v) is 18.5. The first-order valence-electron chi connectivity index (χ1n) is 10.8. The van der Waals surface area contributed by atoms with Gasteiger partial charge in [0.15, 0.2) is 9.84 Å². The van der Waals surface area contributed by atoms with Crippen molar-refractivity contribution in [3.63, 3.8) is 0 Å². The van der Waals surface area contributed by atoms with E-state index in [0.717, 1.165) is 45.9 Å². The van der Waals surface area contributed by atoms with Crippen LogP contribution in [-0.4, -0.2) is 8.42 Å². The molecule has 0 aromatic heterocycles. The summed E-state index contributed by atoms with van der Waals surface area (Å²) in [4.78, 5) is 6.21. The molecule has 0 bridgehead atoms. The Hall–Kier alpha value is -2.99. The van der Waals surface area contributed by atoms with Crippen LogP contribution in [0.5, 0.6) is 0 Å². The van der Waals surface area contributed by atoms with E-state index >= 15 is 0 Å². The SMILES string of the molecule is O=S(=O)(Cc1cc2ccccc2c2c1CCC2NOCc1ccccc1)c1ccccc1. The maximum absolute atomic E-state index is 13.1. The molecule has 0 spiro atoms. The predicted molar refractivity (Wildman–Crippen MR) is 127 cm³/mol. The first-order valence-corrected chi connectivity index (χ1v) is 12.5. The molecule has 4 aromatic carbocycles. The van der Waals surface area contributed by atoms with Gasteiger partial charge in [0.05, 0.1) is 23.3 Å². The Morgan fingerprint density at radius 1 is 0.875 bits per heavy atom. The lowest BCUT2D eigenvalue weighted by atomic mass is 9.95. The monoisotopic (exact) mass is 443 g/mol. The van der Waals surface area contributed by atoms with Gasteiger partial charge in [0, 0.05) is 0 Å². The number of rotatable bonds is 7. The van der Waals surface area contributed by atoms with Crippen molar-refractivity contribution in [1.29, 1.82) is 0 Å². The summed E-state index contributed by atoms with van der Waals surface area (Å²) in [5.74, 6) is 0.00176. The van der Waals surface area contributed by atoms with Crippen LogP contribution >= 0.6 is 0 Å². The van der Waals surface area contributed by atoms with Crippen LogP contribution in [0.3, 0.4) is 0 Å². The van der Waals surface area contributed by atoms with Crippen LogP contribution in [0.2, 0.25) is 0 Å². The third kappa shape index (κ3) is 4.19. The second-order valence-corrected chi connectivity index (χ2v) is 10.2. The van der Waals surface area contributed by atoms with E-state index in [1.807, 2.05) is 54.6 Å². The predicted octanol–water partition coefficient (Wildman–Crippen LogP) is 5.52. The third-order valence-electron chi connectivity index (χ3n) is 6.08. The molecule has 32 heavy (non-hydrogen) atoms. The lowest BCUT2D eigenvalue weighted by molar-refractivity contribution is 0.00359. The van der Waals surface area contributed by atoms with Gasteiger partial charge in [0.25, 0.3) is 0 Å². The van der Waals surface area contributed by atoms with E-state index < -0.39 is 9.84 Å². The second-order valence-electron chi connectivity index (χ2n) is 8.20. The normalized spacial score (nSPS) is 15.7. The Labute approximate surface area is 188 Å². The van der Waals surface area contributed by atoms with E-state index in [-0.39, 0.29) is 11.8 Å². The highest BCUT2D eigenvalue weighted by Crippen LogP contribution is 2.40. The summed E-state index contributed by atoms with van der Waals surface area (Å²) in [5, 5.41) is 2.21. The third-order valence-corrected chi connectivity index (χ3v) is 7.76. The van der Waals surface area contributed by atoms with Crippen molar-refractivity contribution in [3.8, 4) is 0 Å². The van der Waals surface area contributed by atoms with Gasteiger partial charge in [-0.3, -0.25) is 4.84 Å². The minimum absolute atomic E-state index is 0.00176. The summed E-state index contributed by atoms with van der Waals surface area (Å²) in [6, 6.07) is 29.0. The van der Waals surface area contributed by atoms with Crippen LogP contribution < -0.4 is 5.48 Å². The molecule has 1 unspecified atom stereocenters. The van der Waals surface area contributed by atoms with Crippen molar-refractivity contribution in [2.45, 2.75) is 36.1 Å². The van der Waals surface area contributed by atoms with Gasteiger partial charge in [-0.1, -0.05) is 72.8 Å². The van der Waals surface area contributed by atoms with Crippen molar-refractivity contribution in [3.05, 3.63) is 113 Å². The van der Waals surface area contributed by atoms with Gasteiger partial charge in [-0.25, -0.2) is 8.42 Å². The Morgan fingerprint density at radius 2 is 1.56 bits per heavy atom. The highest BCUT2D eigenvalue weighted by Gasteiger charge is 2.29. The van der Waals surface area contributed by atoms with Crippen LogP contribution in [0.25, 0.3) is 10.8 Å². The Morgan fingerprint density at radius 3 is 2.34 bits per heavy atom. The Kier molecular flexibility index (Phi) is 5.79. The largest absolute Gasteiger partial charge is 0.296 e. The summed E-state index contributed by atoms with van der Waals surface area (Å²) in [6.45, 7) is 0.479. The molecule has 162 valence electrons. The van der Waals surface area contributed by atoms with Crippen molar-refractivity contribution in [2.75, 3.05) is 0 Å². The molecule has 0 fully saturated rings. The quantitative estimate of drug-likeness (QED) is 0.382. The van der Waals surface area contributed by atoms with Crippen molar-refractivity contribution in [1.82, 2.24) is 5.48 Å². The number of nitrogens with one attached hydrogen (secondary N) is 1. The minimum atomic E-state index is -3.43. The molecule has 1 atom stereocenters. The maximum Gasteiger partial charge on any atom is 0.182 e. The first-order chi connectivity index (χ1) is 15.6. The van der Waals surface area contributed by atoms with Crippen LogP contribution in [0.15, 0.2) is 95.9 Å². The van der Waals surface area contributed by atoms with E-state index in [2.05, 4.69) is 17.6 Å². The molecule has 5 rings (SSSR count). The summed E-state index contributed by atoms with van der Waals surface area (Å²) in [7, 11) is -3.43. The molecular formula is C27H25NO3S. The van der Waals surface area contributed by atoms with Gasteiger partial charge >= 0.3 is 0 Å². The molecule has 4 nitrogen and oxygen atoms in total. The number of sulfone groups is 1. The number of fused-ring (bicyclic) bond motifs is 3. The molecule has 0 radical (unpaired) electrons. The molecule has 0 amide bonds. The molecule has 1 aliphatic carbocycles. The molecule has 0 heterocycles. The van der Waals surface area contributed by atoms with E-state index in [1.165, 1.54) is 0 Å². The van der Waals surface area contributed by atoms with Gasteiger partial charge in [-0.05, 0) is 64.1 Å². The molecule has 0 aliphatic heterocycles. The topological polar surface area (TPSA) is 55.4 Å². The zero-order valence-electron chi connectivity index (χ0n) is 17.7. The van der Waals surface area contributed by atoms with Crippen LogP contribution in [0.4, 0.5) is 0 Å². The molecule has 0 saturated heterocycles. The lowest BCUT2D eigenvalue weighted by Crippen LogP contribution is -2.20. The van der Waals surface area contributed by atoms with Gasteiger partial charge in [-0.15, -0.1) is 0 Å². The first kappa shape index (κ1) is 20.9. The van der Waals surface area contributed by atoms with Crippen molar-refractivity contribution in [2.24, 2.45) is 0 Å². The smallest absolute Gasteiger partial charge is 0.182 e. The lowest BCUT2D eigenvalue weighted by Gasteiger charge is -2.18. The molecular weight excluding hydrogens is 418 g/mol. The zero-order chi connectivity index (χ0) is 22.0. The summed E-state index contributed by atoms with van der Waals surface area (Å²) in [5.41, 5.74) is 7.53. The standard InChI is InChI=1S/C27H25NO3S/c29-32(30,23-12-5-2-6-13-23)19-22-17-21-11-7-8-14-24(21)27-25(22)15-16-26(27)28-31-18-20-9-3-1-4-10-20/h1-14,17,26,28H,15-16,18-19H2. The van der Waals surface area contributed by atoms with E-state index in [9.17, 15) is 8.42 Å². The van der Waals surface area contributed by atoms with Gasteiger partial charge in [0.1, 0.15) is 0 Å². The average molecular weight is 444 g/mol. The Balaban J connectivity index is 1.46. The fourth-order valence-corrected chi connectivity index (χ4v) is 5.97. The summed E-state index contributed by atoms with van der Waals surface area (Å²) >= 11 is 0. The maximum atomic E-state index is 13.1. The second kappa shape index (κ2) is 8.87. The van der Waals surface area contributed by atoms with E-state index in [0.29, 0.717) is 11.5 Å². The van der Waals surface area contributed by atoms with Crippen LogP contribution in [0, 0.1) is 0 Å². The summed E-state index contributed by atoms with van der Waals surface area (Å²) < 4.78 is 26.2. The molecule has 4 aromatic rings. The fourth-order valence-electron chi connectivity index (χ4n) is 4.57. The number of hydrogen-bond acceptors (Lipinski definition) is 4. The van der Waals surface area contributed by atoms with E-state index in [4.69, 9.17) is 4.84 Å². The van der Waals surface area contributed by atoms with Gasteiger partial charge < -0.3 is 0 Å². The van der Waals surface area contributed by atoms with Crippen LogP contribution in [0.1, 0.15) is 34.7 Å². The summed E-state index contributed by atoms with van der Waals surface area (Å²) in [6.07, 6.45) is 1.70. The minimum Gasteiger partial charge on any atom is -0.296 e. The number of benzene rings is 4. The molecule has 1 aliphatic rings. The number of hydroxylamine groups is 1. The van der Waals surface area contributed by atoms with E-state index in [1.54, 1.807) is 24.3 Å². The number of hydrogen-bond donors (Lipinski definition) is 1. The average Bonchev–Trinajstić information content (AvgIpc) is 3.25. The molecule has 1 N–H and O–H groups in total. The fraction of sp³-hybridized carbons (Fsp3) is 0.185. The van der Waals surface area contributed by atoms with Crippen molar-refractivity contribution >= 4 is 20.6 Å². The molecule has 5 heteroatoms. The van der Waals surface area contributed by atoms with Crippen molar-refractivity contribution < 1.29 is 13.3 Å². The Bertz CT molecular complexity index is 1340.